The van der Waals surface area contributed by atoms with E-state index in [1.165, 1.54) is 14.2 Å². The van der Waals surface area contributed by atoms with E-state index in [0.29, 0.717) is 22.7 Å². The zero-order valence-corrected chi connectivity index (χ0v) is 10.7. The van der Waals surface area contributed by atoms with Crippen LogP contribution in [0.5, 0.6) is 11.5 Å². The molecule has 2 rings (SSSR count). The molecule has 0 unspecified atom stereocenters. The summed E-state index contributed by atoms with van der Waals surface area (Å²) in [5.41, 5.74) is 7.66. The molecular formula is C14H17NO3. The fraction of sp³-hybridized carbons (Fsp3) is 0.357. The molecule has 0 saturated carbocycles. The van der Waals surface area contributed by atoms with Crippen LogP contribution in [0.4, 0.5) is 5.69 Å². The van der Waals surface area contributed by atoms with Gasteiger partial charge < -0.3 is 15.2 Å². The average molecular weight is 247 g/mol. The molecule has 0 amide bonds. The number of ketones is 1. The Labute approximate surface area is 106 Å². The molecule has 4 heteroatoms. The molecule has 0 spiro atoms. The number of methoxy groups -OCH3 is 2. The van der Waals surface area contributed by atoms with Gasteiger partial charge in [0.05, 0.1) is 14.2 Å². The Hall–Kier alpha value is -1.97. The number of nitrogen functional groups attached to an aromatic ring is 1. The molecule has 1 aliphatic rings. The molecule has 0 aliphatic heterocycles. The van der Waals surface area contributed by atoms with Crippen LogP contribution in [0.25, 0.3) is 0 Å². The van der Waals surface area contributed by atoms with Crippen LogP contribution in [0.1, 0.15) is 29.6 Å². The number of benzene rings is 1. The molecular weight excluding hydrogens is 230 g/mol. The number of hydrogen-bond donors (Lipinski definition) is 1. The first kappa shape index (κ1) is 12.5. The van der Waals surface area contributed by atoms with E-state index in [1.807, 2.05) is 6.08 Å². The molecule has 0 fully saturated rings. The van der Waals surface area contributed by atoms with E-state index in [1.54, 1.807) is 12.1 Å². The van der Waals surface area contributed by atoms with Gasteiger partial charge >= 0.3 is 0 Å². The Balaban J connectivity index is 2.41. The second kappa shape index (κ2) is 5.12. The van der Waals surface area contributed by atoms with Gasteiger partial charge in [-0.15, -0.1) is 0 Å². The lowest BCUT2D eigenvalue weighted by atomic mass is 10.0. The number of rotatable bonds is 4. The van der Waals surface area contributed by atoms with E-state index in [4.69, 9.17) is 15.2 Å². The highest BCUT2D eigenvalue weighted by Gasteiger charge is 2.20. The van der Waals surface area contributed by atoms with E-state index >= 15 is 0 Å². The lowest BCUT2D eigenvalue weighted by Crippen LogP contribution is -2.07. The van der Waals surface area contributed by atoms with Gasteiger partial charge in [-0.1, -0.05) is 6.08 Å². The number of carbonyl (C=O) groups excluding carboxylic acids is 1. The van der Waals surface area contributed by atoms with Crippen molar-refractivity contribution in [2.45, 2.75) is 19.3 Å². The van der Waals surface area contributed by atoms with E-state index in [2.05, 4.69) is 0 Å². The molecule has 18 heavy (non-hydrogen) atoms. The van der Waals surface area contributed by atoms with Crippen molar-refractivity contribution in [2.75, 3.05) is 20.0 Å². The number of nitrogens with two attached hydrogens (primary N) is 1. The van der Waals surface area contributed by atoms with Gasteiger partial charge in [-0.3, -0.25) is 4.79 Å². The van der Waals surface area contributed by atoms with Crippen LogP contribution in [0.2, 0.25) is 0 Å². The molecule has 0 saturated heterocycles. The van der Waals surface area contributed by atoms with Crippen molar-refractivity contribution in [1.29, 1.82) is 0 Å². The standard InChI is InChI=1S/C14H17NO3/c1-17-12-7-10(11(15)8-13(12)18-2)14(16)9-5-3-4-6-9/h5,7-8H,3-4,6,15H2,1-2H3. The molecule has 0 bridgehead atoms. The average Bonchev–Trinajstić information content (AvgIpc) is 2.91. The molecule has 1 aliphatic carbocycles. The summed E-state index contributed by atoms with van der Waals surface area (Å²) in [7, 11) is 3.08. The summed E-state index contributed by atoms with van der Waals surface area (Å²) in [6, 6.07) is 3.28. The molecule has 0 aromatic heterocycles. The van der Waals surface area contributed by atoms with Gasteiger partial charge in [0.25, 0.3) is 0 Å². The lowest BCUT2D eigenvalue weighted by molar-refractivity contribution is 0.103. The molecule has 96 valence electrons. The summed E-state index contributed by atoms with van der Waals surface area (Å²) in [6.45, 7) is 0. The second-order valence-electron chi connectivity index (χ2n) is 4.25. The molecule has 0 atom stereocenters. The SMILES string of the molecule is COc1cc(N)c(C(=O)C2=CCCC2)cc1OC. The lowest BCUT2D eigenvalue weighted by Gasteiger charge is -2.12. The normalized spacial score (nSPS) is 14.2. The number of allylic oxidation sites excluding steroid dienone is 2. The highest BCUT2D eigenvalue weighted by molar-refractivity contribution is 6.12. The molecule has 1 aromatic rings. The van der Waals surface area contributed by atoms with Crippen LogP contribution in [-0.4, -0.2) is 20.0 Å². The fourth-order valence-electron chi connectivity index (χ4n) is 2.14. The maximum atomic E-state index is 12.3. The fourth-order valence-corrected chi connectivity index (χ4v) is 2.14. The smallest absolute Gasteiger partial charge is 0.190 e. The number of hydrogen-bond acceptors (Lipinski definition) is 4. The van der Waals surface area contributed by atoms with E-state index in [-0.39, 0.29) is 5.78 Å². The highest BCUT2D eigenvalue weighted by atomic mass is 16.5. The number of Topliss-reactive ketones (excluding diaryl/α,β-unsaturated/α-hetero) is 1. The molecule has 4 nitrogen and oxygen atoms in total. The number of carbonyl (C=O) groups is 1. The number of anilines is 1. The Morgan fingerprint density at radius 3 is 2.44 bits per heavy atom. The molecule has 0 radical (unpaired) electrons. The van der Waals surface area contributed by atoms with Crippen LogP contribution in [0, 0.1) is 0 Å². The summed E-state index contributed by atoms with van der Waals surface area (Å²) < 4.78 is 10.3. The van der Waals surface area contributed by atoms with Crippen molar-refractivity contribution < 1.29 is 14.3 Å². The Morgan fingerprint density at radius 2 is 1.89 bits per heavy atom. The van der Waals surface area contributed by atoms with E-state index < -0.39 is 0 Å². The molecule has 1 aromatic carbocycles. The van der Waals surface area contributed by atoms with Crippen molar-refractivity contribution in [3.63, 3.8) is 0 Å². The summed E-state index contributed by atoms with van der Waals surface area (Å²) in [6.07, 6.45) is 4.81. The first-order chi connectivity index (χ1) is 8.67. The van der Waals surface area contributed by atoms with Gasteiger partial charge in [0.1, 0.15) is 0 Å². The predicted octanol–water partition coefficient (Wildman–Crippen LogP) is 2.58. The second-order valence-corrected chi connectivity index (χ2v) is 4.25. The predicted molar refractivity (Wildman–Crippen MR) is 70.2 cm³/mol. The van der Waals surface area contributed by atoms with Gasteiger partial charge in [0.2, 0.25) is 0 Å². The zero-order valence-electron chi connectivity index (χ0n) is 10.7. The minimum atomic E-state index is -0.00838. The van der Waals surface area contributed by atoms with Gasteiger partial charge in [-0.2, -0.15) is 0 Å². The maximum absolute atomic E-state index is 12.3. The maximum Gasteiger partial charge on any atom is 0.190 e. The minimum absolute atomic E-state index is 0.00838. The first-order valence-electron chi connectivity index (χ1n) is 5.92. The van der Waals surface area contributed by atoms with E-state index in [9.17, 15) is 4.79 Å². The van der Waals surface area contributed by atoms with Crippen molar-refractivity contribution in [3.05, 3.63) is 29.3 Å². The Bertz CT molecular complexity index is 506. The van der Waals surface area contributed by atoms with Gasteiger partial charge in [0.15, 0.2) is 17.3 Å². The molecule has 0 heterocycles. The van der Waals surface area contributed by atoms with Crippen LogP contribution in [0.15, 0.2) is 23.8 Å². The highest BCUT2D eigenvalue weighted by Crippen LogP contribution is 2.34. The molecule has 2 N–H and O–H groups in total. The zero-order chi connectivity index (χ0) is 13.1. The third-order valence-corrected chi connectivity index (χ3v) is 3.13. The quantitative estimate of drug-likeness (QED) is 0.656. The van der Waals surface area contributed by atoms with Crippen molar-refractivity contribution >= 4 is 11.5 Å². The largest absolute Gasteiger partial charge is 0.493 e. The summed E-state index contributed by atoms with van der Waals surface area (Å²) in [4.78, 5) is 12.3. The summed E-state index contributed by atoms with van der Waals surface area (Å²) in [5.74, 6) is 1.05. The van der Waals surface area contributed by atoms with Gasteiger partial charge in [-0.25, -0.2) is 0 Å². The van der Waals surface area contributed by atoms with Crippen LogP contribution >= 0.6 is 0 Å². The third-order valence-electron chi connectivity index (χ3n) is 3.13. The monoisotopic (exact) mass is 247 g/mol. The first-order valence-corrected chi connectivity index (χ1v) is 5.92. The van der Waals surface area contributed by atoms with Crippen LogP contribution in [-0.2, 0) is 0 Å². The minimum Gasteiger partial charge on any atom is -0.493 e. The summed E-state index contributed by atoms with van der Waals surface area (Å²) >= 11 is 0. The van der Waals surface area contributed by atoms with Crippen molar-refractivity contribution in [1.82, 2.24) is 0 Å². The van der Waals surface area contributed by atoms with Crippen LogP contribution in [0.3, 0.4) is 0 Å². The van der Waals surface area contributed by atoms with Crippen molar-refractivity contribution in [3.8, 4) is 11.5 Å². The topological polar surface area (TPSA) is 61.5 Å². The van der Waals surface area contributed by atoms with E-state index in [0.717, 1.165) is 24.8 Å². The Morgan fingerprint density at radius 1 is 1.22 bits per heavy atom. The third kappa shape index (κ3) is 2.18. The number of ether oxygens (including phenoxy) is 2. The van der Waals surface area contributed by atoms with Gasteiger partial charge in [-0.05, 0) is 30.9 Å². The van der Waals surface area contributed by atoms with Crippen molar-refractivity contribution in [2.24, 2.45) is 0 Å². The Kier molecular flexibility index (Phi) is 3.55. The van der Waals surface area contributed by atoms with Gasteiger partial charge in [0, 0.05) is 17.3 Å². The van der Waals surface area contributed by atoms with Crippen LogP contribution < -0.4 is 15.2 Å². The summed E-state index contributed by atoms with van der Waals surface area (Å²) in [5, 5.41) is 0.